The lowest BCUT2D eigenvalue weighted by atomic mass is 10.3. The standard InChI is InChI=1S/C19H12ClF4N3O5S/c1-26-14(19(22,23)24)7-15(28)27(18(26)31)11-6-13(9(20)5-10(11)21)33-12-3-2-4-25-17(12)32-8-16(29)30/h2-7H,8H2,1H3,(H,29,30). The Balaban J connectivity index is 2.12. The van der Waals surface area contributed by atoms with E-state index in [4.69, 9.17) is 21.4 Å². The third-order valence-electron chi connectivity index (χ3n) is 4.14. The zero-order valence-corrected chi connectivity index (χ0v) is 18.0. The fourth-order valence-corrected chi connectivity index (χ4v) is 3.87. The van der Waals surface area contributed by atoms with Crippen molar-refractivity contribution in [1.29, 1.82) is 0 Å². The number of alkyl halides is 3. The molecule has 0 aliphatic heterocycles. The van der Waals surface area contributed by atoms with Gasteiger partial charge in [0.25, 0.3) is 5.56 Å². The molecule has 0 bridgehead atoms. The van der Waals surface area contributed by atoms with Crippen LogP contribution in [0.5, 0.6) is 5.88 Å². The molecule has 1 aromatic carbocycles. The Hall–Kier alpha value is -3.32. The maximum atomic E-state index is 14.6. The summed E-state index contributed by atoms with van der Waals surface area (Å²) in [5.74, 6) is -2.46. The van der Waals surface area contributed by atoms with Gasteiger partial charge in [0.2, 0.25) is 5.88 Å². The lowest BCUT2D eigenvalue weighted by Gasteiger charge is -2.15. The number of hydrogen-bond donors (Lipinski definition) is 1. The first-order valence-electron chi connectivity index (χ1n) is 8.77. The molecular formula is C19H12ClF4N3O5S. The Kier molecular flexibility index (Phi) is 6.84. The van der Waals surface area contributed by atoms with Crippen LogP contribution in [0, 0.1) is 5.82 Å². The van der Waals surface area contributed by atoms with Gasteiger partial charge in [-0.25, -0.2) is 23.5 Å². The Bertz CT molecular complexity index is 1360. The summed E-state index contributed by atoms with van der Waals surface area (Å²) in [5.41, 5.74) is -4.93. The Labute approximate surface area is 191 Å². The Morgan fingerprint density at radius 2 is 1.94 bits per heavy atom. The van der Waals surface area contributed by atoms with Crippen molar-refractivity contribution in [3.8, 4) is 11.6 Å². The van der Waals surface area contributed by atoms with Crippen LogP contribution in [0.4, 0.5) is 17.6 Å². The van der Waals surface area contributed by atoms with Gasteiger partial charge in [-0.1, -0.05) is 23.4 Å². The molecule has 2 heterocycles. The van der Waals surface area contributed by atoms with Crippen LogP contribution in [0.3, 0.4) is 0 Å². The third-order valence-corrected chi connectivity index (χ3v) is 5.65. The van der Waals surface area contributed by atoms with Crippen LogP contribution in [-0.4, -0.2) is 31.8 Å². The molecule has 0 saturated heterocycles. The lowest BCUT2D eigenvalue weighted by molar-refractivity contribution is -0.144. The van der Waals surface area contributed by atoms with Crippen LogP contribution in [0.25, 0.3) is 5.69 Å². The molecule has 0 saturated carbocycles. The van der Waals surface area contributed by atoms with Gasteiger partial charge in [0.15, 0.2) is 6.61 Å². The summed E-state index contributed by atoms with van der Waals surface area (Å²) in [6.45, 7) is -0.691. The van der Waals surface area contributed by atoms with E-state index in [0.29, 0.717) is 0 Å². The topological polar surface area (TPSA) is 103 Å². The van der Waals surface area contributed by atoms with Crippen molar-refractivity contribution in [2.75, 3.05) is 6.61 Å². The van der Waals surface area contributed by atoms with Gasteiger partial charge in [-0.2, -0.15) is 13.2 Å². The summed E-state index contributed by atoms with van der Waals surface area (Å²) in [5, 5.41) is 8.63. The van der Waals surface area contributed by atoms with Crippen LogP contribution < -0.4 is 16.0 Å². The molecule has 0 radical (unpaired) electrons. The van der Waals surface area contributed by atoms with E-state index in [1.54, 1.807) is 0 Å². The molecule has 0 aliphatic rings. The van der Waals surface area contributed by atoms with Crippen LogP contribution in [-0.2, 0) is 18.0 Å². The van der Waals surface area contributed by atoms with E-state index in [1.807, 2.05) is 0 Å². The largest absolute Gasteiger partial charge is 0.479 e. The van der Waals surface area contributed by atoms with Crippen molar-refractivity contribution in [3.05, 3.63) is 73.9 Å². The maximum Gasteiger partial charge on any atom is 0.431 e. The Morgan fingerprint density at radius 1 is 1.24 bits per heavy atom. The molecule has 0 aliphatic carbocycles. The first-order chi connectivity index (χ1) is 15.4. The summed E-state index contributed by atoms with van der Waals surface area (Å²) >= 11 is 6.93. The molecule has 3 aromatic rings. The molecule has 1 N–H and O–H groups in total. The molecule has 8 nitrogen and oxygen atoms in total. The second-order valence-electron chi connectivity index (χ2n) is 6.37. The van der Waals surface area contributed by atoms with Gasteiger partial charge < -0.3 is 9.84 Å². The van der Waals surface area contributed by atoms with Gasteiger partial charge in [-0.05, 0) is 24.3 Å². The Morgan fingerprint density at radius 3 is 2.58 bits per heavy atom. The number of carboxylic acid groups (broad SMARTS) is 1. The van der Waals surface area contributed by atoms with Crippen molar-refractivity contribution in [1.82, 2.24) is 14.1 Å². The third kappa shape index (κ3) is 5.20. The number of rotatable bonds is 6. The van der Waals surface area contributed by atoms with Crippen LogP contribution in [0.1, 0.15) is 5.69 Å². The van der Waals surface area contributed by atoms with Gasteiger partial charge in [-0.3, -0.25) is 9.36 Å². The van der Waals surface area contributed by atoms with Gasteiger partial charge in [0, 0.05) is 24.2 Å². The molecule has 0 fully saturated rings. The molecule has 174 valence electrons. The molecule has 0 amide bonds. The summed E-state index contributed by atoms with van der Waals surface area (Å²) < 4.78 is 59.4. The first-order valence-corrected chi connectivity index (χ1v) is 9.96. The number of aliphatic carboxylic acids is 1. The highest BCUT2D eigenvalue weighted by molar-refractivity contribution is 7.99. The monoisotopic (exact) mass is 505 g/mol. The highest BCUT2D eigenvalue weighted by Crippen LogP contribution is 2.39. The number of benzene rings is 1. The normalized spacial score (nSPS) is 11.5. The minimum absolute atomic E-state index is 0.0746. The van der Waals surface area contributed by atoms with E-state index in [2.05, 4.69) is 4.98 Å². The van der Waals surface area contributed by atoms with E-state index in [0.717, 1.165) is 30.9 Å². The van der Waals surface area contributed by atoms with Crippen LogP contribution >= 0.6 is 23.4 Å². The molecular weight excluding hydrogens is 494 g/mol. The van der Waals surface area contributed by atoms with Crippen molar-refractivity contribution < 1.29 is 32.2 Å². The molecule has 0 atom stereocenters. The number of nitrogens with zero attached hydrogens (tertiary/aromatic N) is 3. The summed E-state index contributed by atoms with van der Waals surface area (Å²) in [6, 6.07) is 4.98. The summed E-state index contributed by atoms with van der Waals surface area (Å²) in [6.07, 6.45) is -3.64. The lowest BCUT2D eigenvalue weighted by Crippen LogP contribution is -2.41. The van der Waals surface area contributed by atoms with Gasteiger partial charge in [0.1, 0.15) is 11.5 Å². The average Bonchev–Trinajstić information content (AvgIpc) is 2.72. The fourth-order valence-electron chi connectivity index (χ4n) is 2.70. The van der Waals surface area contributed by atoms with Crippen LogP contribution in [0.15, 0.2) is 55.9 Å². The molecule has 0 spiro atoms. The van der Waals surface area contributed by atoms with E-state index < -0.39 is 47.2 Å². The number of aromatic nitrogens is 3. The predicted octanol–water partition coefficient (Wildman–Crippen LogP) is 3.36. The minimum atomic E-state index is -4.97. The van der Waals surface area contributed by atoms with E-state index in [-0.39, 0.29) is 35.9 Å². The summed E-state index contributed by atoms with van der Waals surface area (Å²) in [4.78, 5) is 39.9. The van der Waals surface area contributed by atoms with Gasteiger partial charge >= 0.3 is 17.8 Å². The molecule has 0 unspecified atom stereocenters. The second-order valence-corrected chi connectivity index (χ2v) is 7.86. The van der Waals surface area contributed by atoms with Gasteiger partial charge in [0.05, 0.1) is 15.6 Å². The summed E-state index contributed by atoms with van der Waals surface area (Å²) in [7, 11) is 0.798. The predicted molar refractivity (Wildman–Crippen MR) is 109 cm³/mol. The SMILES string of the molecule is Cn1c(C(F)(F)F)cc(=O)n(-c2cc(Sc3cccnc3OCC(=O)O)c(Cl)cc2F)c1=O. The highest BCUT2D eigenvalue weighted by atomic mass is 35.5. The quantitative estimate of drug-likeness (QED) is 0.512. The number of halogens is 5. The minimum Gasteiger partial charge on any atom is -0.479 e. The number of ether oxygens (including phenoxy) is 1. The number of pyridine rings is 1. The van der Waals surface area contributed by atoms with Crippen molar-refractivity contribution in [3.63, 3.8) is 0 Å². The maximum absolute atomic E-state index is 14.6. The fraction of sp³-hybridized carbons (Fsp3) is 0.158. The number of carbonyl (C=O) groups is 1. The molecule has 2 aromatic heterocycles. The molecule has 14 heteroatoms. The van der Waals surface area contributed by atoms with Crippen LogP contribution in [0.2, 0.25) is 5.02 Å². The molecule has 3 rings (SSSR count). The highest BCUT2D eigenvalue weighted by Gasteiger charge is 2.35. The van der Waals surface area contributed by atoms with Gasteiger partial charge in [-0.15, -0.1) is 0 Å². The number of carboxylic acids is 1. The van der Waals surface area contributed by atoms with Crippen molar-refractivity contribution >= 4 is 29.3 Å². The van der Waals surface area contributed by atoms with E-state index in [9.17, 15) is 31.9 Å². The second kappa shape index (κ2) is 9.27. The zero-order chi connectivity index (χ0) is 24.5. The first kappa shape index (κ1) is 24.3. The van der Waals surface area contributed by atoms with Crippen molar-refractivity contribution in [2.24, 2.45) is 7.05 Å². The van der Waals surface area contributed by atoms with Crippen molar-refractivity contribution in [2.45, 2.75) is 16.0 Å². The molecule has 33 heavy (non-hydrogen) atoms. The number of hydrogen-bond acceptors (Lipinski definition) is 6. The smallest absolute Gasteiger partial charge is 0.431 e. The van der Waals surface area contributed by atoms with E-state index >= 15 is 0 Å². The average molecular weight is 506 g/mol. The zero-order valence-electron chi connectivity index (χ0n) is 16.4. The van der Waals surface area contributed by atoms with E-state index in [1.165, 1.54) is 18.3 Å².